The first-order valence-corrected chi connectivity index (χ1v) is 11.9. The van der Waals surface area contributed by atoms with Crippen molar-refractivity contribution < 1.29 is 0 Å². The number of rotatable bonds is 5. The molecule has 1 heterocycles. The molecule has 5 aromatic carbocycles. The van der Waals surface area contributed by atoms with E-state index in [2.05, 4.69) is 132 Å². The van der Waals surface area contributed by atoms with E-state index in [1.54, 1.807) is 0 Å². The highest BCUT2D eigenvalue weighted by atomic mass is 32.1. The molecule has 0 atom stereocenters. The molecule has 2 nitrogen and oxygen atoms in total. The van der Waals surface area contributed by atoms with Gasteiger partial charge in [0.15, 0.2) is 0 Å². The molecule has 6 aromatic rings. The fraction of sp³-hybridized carbons (Fsp3) is 0. The number of hydrogen-bond donors (Lipinski definition) is 1. The summed E-state index contributed by atoms with van der Waals surface area (Å²) in [5.41, 5.74) is 5.70. The second-order valence-corrected chi connectivity index (χ2v) is 9.02. The molecule has 0 saturated carbocycles. The van der Waals surface area contributed by atoms with Crippen LogP contribution in [0.3, 0.4) is 0 Å². The number of nitrogens with zero attached hydrogens (tertiary/aromatic N) is 1. The van der Waals surface area contributed by atoms with E-state index in [4.69, 9.17) is 0 Å². The highest BCUT2D eigenvalue weighted by molar-refractivity contribution is 7.26. The molecule has 0 bridgehead atoms. The molecule has 0 fully saturated rings. The van der Waals surface area contributed by atoms with E-state index in [0.717, 1.165) is 22.7 Å². The standard InChI is InChI=1S/C30H22N2S/c1-4-11-22(12-5-1)31-23-19-20-29-27(21-23)26-17-10-18-28(30(26)33-29)32(24-13-6-2-7-14-24)25-15-8-3-9-16-25/h1-21,31H. The molecule has 0 spiro atoms. The largest absolute Gasteiger partial charge is 0.356 e. The van der Waals surface area contributed by atoms with Gasteiger partial charge in [0.25, 0.3) is 0 Å². The van der Waals surface area contributed by atoms with Crippen molar-refractivity contribution in [2.45, 2.75) is 0 Å². The minimum Gasteiger partial charge on any atom is -0.356 e. The molecular formula is C30H22N2S. The van der Waals surface area contributed by atoms with Crippen molar-refractivity contribution in [1.29, 1.82) is 0 Å². The zero-order chi connectivity index (χ0) is 22.0. The minimum atomic E-state index is 1.09. The normalized spacial score (nSPS) is 11.0. The highest BCUT2D eigenvalue weighted by Gasteiger charge is 2.17. The summed E-state index contributed by atoms with van der Waals surface area (Å²) in [6.07, 6.45) is 0. The van der Waals surface area contributed by atoms with Crippen LogP contribution in [0.1, 0.15) is 0 Å². The van der Waals surface area contributed by atoms with Gasteiger partial charge in [0.05, 0.1) is 10.4 Å². The Bertz CT molecular complexity index is 1480. The Labute approximate surface area is 197 Å². The molecule has 0 saturated heterocycles. The maximum atomic E-state index is 3.53. The van der Waals surface area contributed by atoms with Crippen LogP contribution in [0.4, 0.5) is 28.4 Å². The Morgan fingerprint density at radius 3 is 1.82 bits per heavy atom. The Morgan fingerprint density at radius 1 is 0.515 bits per heavy atom. The van der Waals surface area contributed by atoms with Gasteiger partial charge in [-0.25, -0.2) is 0 Å². The van der Waals surface area contributed by atoms with Crippen LogP contribution in [-0.2, 0) is 0 Å². The summed E-state index contributed by atoms with van der Waals surface area (Å²) in [7, 11) is 0. The second-order valence-electron chi connectivity index (χ2n) is 7.96. The first kappa shape index (κ1) is 19.6. The summed E-state index contributed by atoms with van der Waals surface area (Å²) >= 11 is 1.85. The number of fused-ring (bicyclic) bond motifs is 3. The second kappa shape index (κ2) is 8.45. The maximum Gasteiger partial charge on any atom is 0.0640 e. The van der Waals surface area contributed by atoms with Crippen LogP contribution in [0.2, 0.25) is 0 Å². The van der Waals surface area contributed by atoms with Crippen molar-refractivity contribution in [1.82, 2.24) is 0 Å². The smallest absolute Gasteiger partial charge is 0.0640 e. The minimum absolute atomic E-state index is 1.09. The van der Waals surface area contributed by atoms with Crippen molar-refractivity contribution in [3.63, 3.8) is 0 Å². The van der Waals surface area contributed by atoms with Gasteiger partial charge in [-0.1, -0.05) is 66.7 Å². The first-order valence-electron chi connectivity index (χ1n) is 11.0. The van der Waals surface area contributed by atoms with E-state index in [-0.39, 0.29) is 0 Å². The fourth-order valence-electron chi connectivity index (χ4n) is 4.31. The lowest BCUT2D eigenvalue weighted by atomic mass is 10.1. The number of para-hydroxylation sites is 3. The maximum absolute atomic E-state index is 3.53. The third kappa shape index (κ3) is 3.73. The summed E-state index contributed by atoms with van der Waals surface area (Å²) in [6.45, 7) is 0. The monoisotopic (exact) mass is 442 g/mol. The van der Waals surface area contributed by atoms with Gasteiger partial charge in [0.1, 0.15) is 0 Å². The third-order valence-electron chi connectivity index (χ3n) is 5.81. The number of benzene rings is 5. The van der Waals surface area contributed by atoms with Gasteiger partial charge in [0.2, 0.25) is 0 Å². The van der Waals surface area contributed by atoms with Crippen LogP contribution in [-0.4, -0.2) is 0 Å². The van der Waals surface area contributed by atoms with Crippen molar-refractivity contribution in [3.05, 3.63) is 127 Å². The van der Waals surface area contributed by atoms with Crippen molar-refractivity contribution in [2.24, 2.45) is 0 Å². The summed E-state index contributed by atoms with van der Waals surface area (Å²) in [4.78, 5) is 2.35. The van der Waals surface area contributed by atoms with Gasteiger partial charge in [-0.05, 0) is 60.7 Å². The molecule has 0 amide bonds. The summed E-state index contributed by atoms with van der Waals surface area (Å²) in [5.74, 6) is 0. The van der Waals surface area contributed by atoms with Crippen LogP contribution in [0, 0.1) is 0 Å². The summed E-state index contributed by atoms with van der Waals surface area (Å²) in [6, 6.07) is 44.8. The Balaban J connectivity index is 1.52. The van der Waals surface area contributed by atoms with E-state index in [1.165, 1.54) is 25.9 Å². The molecule has 1 aromatic heterocycles. The number of anilines is 5. The van der Waals surface area contributed by atoms with E-state index in [0.29, 0.717) is 0 Å². The van der Waals surface area contributed by atoms with Gasteiger partial charge in [0, 0.05) is 38.2 Å². The zero-order valence-corrected chi connectivity index (χ0v) is 18.8. The predicted octanol–water partition coefficient (Wildman–Crippen LogP) is 9.27. The fourth-order valence-corrected chi connectivity index (χ4v) is 5.49. The lowest BCUT2D eigenvalue weighted by Gasteiger charge is -2.25. The molecule has 1 N–H and O–H groups in total. The first-order chi connectivity index (χ1) is 16.4. The topological polar surface area (TPSA) is 15.3 Å². The molecule has 158 valence electrons. The van der Waals surface area contributed by atoms with Crippen LogP contribution >= 0.6 is 11.3 Å². The van der Waals surface area contributed by atoms with Gasteiger partial charge >= 0.3 is 0 Å². The predicted molar refractivity (Wildman–Crippen MR) is 144 cm³/mol. The molecular weight excluding hydrogens is 420 g/mol. The molecule has 0 radical (unpaired) electrons. The van der Waals surface area contributed by atoms with Crippen molar-refractivity contribution >= 4 is 59.9 Å². The van der Waals surface area contributed by atoms with Crippen LogP contribution in [0.5, 0.6) is 0 Å². The van der Waals surface area contributed by atoms with Gasteiger partial charge in [-0.15, -0.1) is 11.3 Å². The van der Waals surface area contributed by atoms with Gasteiger partial charge < -0.3 is 10.2 Å². The third-order valence-corrected chi connectivity index (χ3v) is 7.02. The van der Waals surface area contributed by atoms with Crippen LogP contribution < -0.4 is 10.2 Å². The average molecular weight is 443 g/mol. The molecule has 0 aliphatic carbocycles. The zero-order valence-electron chi connectivity index (χ0n) is 18.0. The SMILES string of the molecule is c1ccc(Nc2ccc3sc4c(N(c5ccccc5)c5ccccc5)cccc4c3c2)cc1. The molecule has 33 heavy (non-hydrogen) atoms. The number of thiophene rings is 1. The Kier molecular flexibility index (Phi) is 5.02. The van der Waals surface area contributed by atoms with Crippen LogP contribution in [0.25, 0.3) is 20.2 Å². The van der Waals surface area contributed by atoms with Gasteiger partial charge in [-0.3, -0.25) is 0 Å². The molecule has 6 rings (SSSR count). The molecule has 0 aliphatic heterocycles. The Morgan fingerprint density at radius 2 is 1.15 bits per heavy atom. The van der Waals surface area contributed by atoms with Crippen molar-refractivity contribution in [3.8, 4) is 0 Å². The quantitative estimate of drug-likeness (QED) is 0.286. The number of nitrogens with one attached hydrogen (secondary N) is 1. The van der Waals surface area contributed by atoms with Crippen molar-refractivity contribution in [2.75, 3.05) is 10.2 Å². The lowest BCUT2D eigenvalue weighted by molar-refractivity contribution is 1.30. The number of hydrogen-bond acceptors (Lipinski definition) is 3. The highest BCUT2D eigenvalue weighted by Crippen LogP contribution is 2.45. The summed E-state index contributed by atoms with van der Waals surface area (Å²) in [5, 5.41) is 6.09. The van der Waals surface area contributed by atoms with E-state index in [9.17, 15) is 0 Å². The van der Waals surface area contributed by atoms with E-state index < -0.39 is 0 Å². The molecule has 0 unspecified atom stereocenters. The average Bonchev–Trinajstić information content (AvgIpc) is 3.25. The summed E-state index contributed by atoms with van der Waals surface area (Å²) < 4.78 is 2.58. The molecule has 0 aliphatic rings. The van der Waals surface area contributed by atoms with Crippen LogP contribution in [0.15, 0.2) is 127 Å². The molecule has 3 heteroatoms. The lowest BCUT2D eigenvalue weighted by Crippen LogP contribution is -2.09. The van der Waals surface area contributed by atoms with Gasteiger partial charge in [-0.2, -0.15) is 0 Å². The Hall–Kier alpha value is -4.08. The van der Waals surface area contributed by atoms with E-state index >= 15 is 0 Å². The van der Waals surface area contributed by atoms with E-state index in [1.807, 2.05) is 17.4 Å².